The number of hydrogen-bond acceptors (Lipinski definition) is 7. The fourth-order valence-corrected chi connectivity index (χ4v) is 2.92. The van der Waals surface area contributed by atoms with Gasteiger partial charge in [0.2, 0.25) is 5.78 Å². The Morgan fingerprint density at radius 3 is 2.62 bits per heavy atom. The van der Waals surface area contributed by atoms with Gasteiger partial charge in [0.1, 0.15) is 11.6 Å². The number of aromatic nitrogens is 1. The number of carboxylic acids is 1. The highest BCUT2D eigenvalue weighted by atomic mass is 32.1. The molecule has 1 amide bonds. The number of ketones is 1. The van der Waals surface area contributed by atoms with Crippen LogP contribution in [0.3, 0.4) is 0 Å². The van der Waals surface area contributed by atoms with E-state index in [-0.39, 0.29) is 25.4 Å². The molecular weight excluding hydrogens is 334 g/mol. The van der Waals surface area contributed by atoms with E-state index in [0.717, 1.165) is 0 Å². The first-order chi connectivity index (χ1) is 11.2. The van der Waals surface area contributed by atoms with Gasteiger partial charge in [0, 0.05) is 24.7 Å². The second-order valence-electron chi connectivity index (χ2n) is 6.51. The summed E-state index contributed by atoms with van der Waals surface area (Å²) in [5.74, 6) is -1.29. The Hall–Kier alpha value is -2.00. The second-order valence-corrected chi connectivity index (χ2v) is 7.41. The van der Waals surface area contributed by atoms with E-state index in [1.807, 2.05) is 0 Å². The number of ether oxygens (including phenoxy) is 1. The van der Waals surface area contributed by atoms with E-state index >= 15 is 0 Å². The van der Waals surface area contributed by atoms with Gasteiger partial charge in [-0.3, -0.25) is 14.5 Å². The molecule has 1 atom stereocenters. The van der Waals surface area contributed by atoms with Crippen molar-refractivity contribution in [1.29, 1.82) is 0 Å². The highest BCUT2D eigenvalue weighted by molar-refractivity contribution is 7.11. The average Bonchev–Trinajstić information content (AvgIpc) is 2.99. The Morgan fingerprint density at radius 1 is 1.38 bits per heavy atom. The standard InChI is InChI=1S/C15H21N3O5S/c1-15(2,3)23-14(22)18-6-5-17(10(8-18)13(20)21)9-11(19)12-16-4-7-24-12/h4,7,10H,5-6,8-9H2,1-3H3,(H,20,21)/t10-/m1/s1. The number of hydrogen-bond donors (Lipinski definition) is 1. The van der Waals surface area contributed by atoms with E-state index in [1.165, 1.54) is 22.4 Å². The number of Topliss-reactive ketones (excluding diaryl/α,β-unsaturated/α-hetero) is 1. The number of amides is 1. The van der Waals surface area contributed by atoms with Crippen LogP contribution in [0.1, 0.15) is 30.6 Å². The predicted octanol–water partition coefficient (Wildman–Crippen LogP) is 1.33. The maximum atomic E-state index is 12.2. The van der Waals surface area contributed by atoms with Crippen molar-refractivity contribution in [3.05, 3.63) is 16.6 Å². The lowest BCUT2D eigenvalue weighted by atomic mass is 10.1. The summed E-state index contributed by atoms with van der Waals surface area (Å²) in [6.45, 7) is 5.80. The quantitative estimate of drug-likeness (QED) is 0.813. The van der Waals surface area contributed by atoms with Crippen molar-refractivity contribution in [2.75, 3.05) is 26.2 Å². The van der Waals surface area contributed by atoms with Crippen LogP contribution in [0, 0.1) is 0 Å². The van der Waals surface area contributed by atoms with Crippen LogP contribution in [0.25, 0.3) is 0 Å². The van der Waals surface area contributed by atoms with Gasteiger partial charge in [-0.2, -0.15) is 0 Å². The molecule has 2 heterocycles. The third-order valence-electron chi connectivity index (χ3n) is 3.45. The van der Waals surface area contributed by atoms with E-state index < -0.39 is 23.7 Å². The fraction of sp³-hybridized carbons (Fsp3) is 0.600. The lowest BCUT2D eigenvalue weighted by Gasteiger charge is -2.39. The predicted molar refractivity (Wildman–Crippen MR) is 87.2 cm³/mol. The zero-order valence-corrected chi connectivity index (χ0v) is 14.7. The van der Waals surface area contributed by atoms with Gasteiger partial charge in [-0.1, -0.05) is 0 Å². The van der Waals surface area contributed by atoms with Crippen molar-refractivity contribution in [1.82, 2.24) is 14.8 Å². The summed E-state index contributed by atoms with van der Waals surface area (Å²) in [5, 5.41) is 11.5. The molecule has 24 heavy (non-hydrogen) atoms. The Kier molecular flexibility index (Phi) is 5.55. The molecule has 2 rings (SSSR count). The van der Waals surface area contributed by atoms with E-state index in [9.17, 15) is 19.5 Å². The molecular formula is C15H21N3O5S. The van der Waals surface area contributed by atoms with Gasteiger partial charge in [0.25, 0.3) is 0 Å². The first kappa shape index (κ1) is 18.3. The summed E-state index contributed by atoms with van der Waals surface area (Å²) >= 11 is 1.22. The minimum absolute atomic E-state index is 0.0185. The molecule has 1 fully saturated rings. The number of rotatable bonds is 4. The molecule has 132 valence electrons. The van der Waals surface area contributed by atoms with Gasteiger partial charge in [-0.15, -0.1) is 11.3 Å². The van der Waals surface area contributed by atoms with Crippen LogP contribution in [0.15, 0.2) is 11.6 Å². The summed E-state index contributed by atoms with van der Waals surface area (Å²) in [5.41, 5.74) is -0.645. The molecule has 1 N–H and O–H groups in total. The lowest BCUT2D eigenvalue weighted by Crippen LogP contribution is -2.59. The molecule has 9 heteroatoms. The first-order valence-electron chi connectivity index (χ1n) is 7.55. The van der Waals surface area contributed by atoms with Crippen LogP contribution in [0.5, 0.6) is 0 Å². The number of nitrogens with zero attached hydrogens (tertiary/aromatic N) is 3. The molecule has 0 spiro atoms. The zero-order valence-electron chi connectivity index (χ0n) is 13.9. The normalized spacial score (nSPS) is 19.1. The van der Waals surface area contributed by atoms with Gasteiger partial charge < -0.3 is 14.7 Å². The number of aliphatic carboxylic acids is 1. The SMILES string of the molecule is CC(C)(C)OC(=O)N1CCN(CC(=O)c2nccs2)[C@@H](C(=O)O)C1. The lowest BCUT2D eigenvalue weighted by molar-refractivity contribution is -0.145. The Labute approximate surface area is 144 Å². The van der Waals surface area contributed by atoms with Crippen molar-refractivity contribution in [2.45, 2.75) is 32.4 Å². The van der Waals surface area contributed by atoms with Crippen LogP contribution in [-0.4, -0.2) is 75.6 Å². The van der Waals surface area contributed by atoms with Crippen molar-refractivity contribution >= 4 is 29.2 Å². The third-order valence-corrected chi connectivity index (χ3v) is 4.26. The summed E-state index contributed by atoms with van der Waals surface area (Å²) < 4.78 is 5.28. The molecule has 1 aromatic rings. The van der Waals surface area contributed by atoms with Crippen molar-refractivity contribution in [2.24, 2.45) is 0 Å². The first-order valence-corrected chi connectivity index (χ1v) is 8.43. The maximum absolute atomic E-state index is 12.2. The molecule has 1 aliphatic heterocycles. The monoisotopic (exact) mass is 355 g/mol. The fourth-order valence-electron chi connectivity index (χ4n) is 2.35. The average molecular weight is 355 g/mol. The summed E-state index contributed by atoms with van der Waals surface area (Å²) in [6.07, 6.45) is 0.993. The Morgan fingerprint density at radius 2 is 2.08 bits per heavy atom. The summed E-state index contributed by atoms with van der Waals surface area (Å²) in [6, 6.07) is -0.949. The number of thiazole rings is 1. The van der Waals surface area contributed by atoms with E-state index in [1.54, 1.807) is 31.1 Å². The smallest absolute Gasteiger partial charge is 0.410 e. The van der Waals surface area contributed by atoms with Gasteiger partial charge >= 0.3 is 12.1 Å². The molecule has 1 aromatic heterocycles. The van der Waals surface area contributed by atoms with Crippen LogP contribution in [-0.2, 0) is 9.53 Å². The van der Waals surface area contributed by atoms with Gasteiger partial charge in [-0.25, -0.2) is 9.78 Å². The molecule has 0 aliphatic carbocycles. The maximum Gasteiger partial charge on any atom is 0.410 e. The molecule has 8 nitrogen and oxygen atoms in total. The summed E-state index contributed by atoms with van der Waals surface area (Å²) in [4.78, 5) is 42.7. The van der Waals surface area contributed by atoms with Crippen LogP contribution < -0.4 is 0 Å². The number of carboxylic acid groups (broad SMARTS) is 1. The van der Waals surface area contributed by atoms with Crippen LogP contribution in [0.4, 0.5) is 4.79 Å². The molecule has 0 bridgehead atoms. The molecule has 0 saturated carbocycles. The van der Waals surface area contributed by atoms with E-state index in [2.05, 4.69) is 4.98 Å². The largest absolute Gasteiger partial charge is 0.480 e. The van der Waals surface area contributed by atoms with E-state index in [4.69, 9.17) is 4.74 Å². The third kappa shape index (κ3) is 4.75. The number of carbonyl (C=O) groups excluding carboxylic acids is 2. The van der Waals surface area contributed by atoms with Gasteiger partial charge in [0.05, 0.1) is 13.1 Å². The number of carbonyl (C=O) groups is 3. The van der Waals surface area contributed by atoms with Crippen LogP contribution >= 0.6 is 11.3 Å². The molecule has 0 radical (unpaired) electrons. The van der Waals surface area contributed by atoms with Crippen molar-refractivity contribution in [3.63, 3.8) is 0 Å². The van der Waals surface area contributed by atoms with Crippen molar-refractivity contribution < 1.29 is 24.2 Å². The number of piperazine rings is 1. The molecule has 1 saturated heterocycles. The van der Waals surface area contributed by atoms with Gasteiger partial charge in [0.15, 0.2) is 5.01 Å². The Bertz CT molecular complexity index is 611. The molecule has 0 aromatic carbocycles. The summed E-state index contributed by atoms with van der Waals surface area (Å²) in [7, 11) is 0. The van der Waals surface area contributed by atoms with E-state index in [0.29, 0.717) is 11.6 Å². The molecule has 0 unspecified atom stereocenters. The second kappa shape index (κ2) is 7.27. The van der Waals surface area contributed by atoms with Crippen LogP contribution in [0.2, 0.25) is 0 Å². The minimum atomic E-state index is -1.07. The topological polar surface area (TPSA) is 100 Å². The highest BCUT2D eigenvalue weighted by Gasteiger charge is 2.36. The van der Waals surface area contributed by atoms with Gasteiger partial charge in [-0.05, 0) is 20.8 Å². The van der Waals surface area contributed by atoms with Crippen molar-refractivity contribution in [3.8, 4) is 0 Å². The molecule has 1 aliphatic rings. The Balaban J connectivity index is 2.02. The minimum Gasteiger partial charge on any atom is -0.480 e. The zero-order chi connectivity index (χ0) is 17.9. The highest BCUT2D eigenvalue weighted by Crippen LogP contribution is 2.16.